The Kier molecular flexibility index (Phi) is 4.85. The van der Waals surface area contributed by atoms with Gasteiger partial charge in [0.15, 0.2) is 0 Å². The second kappa shape index (κ2) is 7.02. The van der Waals surface area contributed by atoms with E-state index in [1.807, 2.05) is 26.8 Å². The predicted molar refractivity (Wildman–Crippen MR) is 130 cm³/mol. The van der Waals surface area contributed by atoms with Crippen LogP contribution in [-0.2, 0) is 20.4 Å². The molecule has 4 nitrogen and oxygen atoms in total. The maximum Gasteiger partial charge on any atom is 0.311 e. The maximum atomic E-state index is 12.3. The van der Waals surface area contributed by atoms with Gasteiger partial charge in [-0.3, -0.25) is 4.79 Å². The van der Waals surface area contributed by atoms with Gasteiger partial charge in [-0.25, -0.2) is 0 Å². The SMILES string of the molecule is CCCCCCC(C)(C)c1cc(O)c([C@]23C=C(COC(=O)C(C)(C)C)[C@H]4C5C2C543)c(OC)c1. The van der Waals surface area contributed by atoms with Crippen LogP contribution in [0, 0.1) is 28.6 Å². The number of allylic oxidation sites excluding steroid dienone is 1. The summed E-state index contributed by atoms with van der Waals surface area (Å²) in [4.78, 5) is 12.3. The summed E-state index contributed by atoms with van der Waals surface area (Å²) in [7, 11) is 1.71. The van der Waals surface area contributed by atoms with E-state index in [4.69, 9.17) is 9.47 Å². The van der Waals surface area contributed by atoms with Crippen molar-refractivity contribution in [2.24, 2.45) is 28.6 Å². The third-order valence-corrected chi connectivity index (χ3v) is 9.15. The number of ether oxygens (including phenoxy) is 2. The molecule has 180 valence electrons. The van der Waals surface area contributed by atoms with E-state index in [-0.39, 0.29) is 22.2 Å². The smallest absolute Gasteiger partial charge is 0.311 e. The largest absolute Gasteiger partial charge is 0.507 e. The maximum absolute atomic E-state index is 12.3. The monoisotopic (exact) mass is 452 g/mol. The fraction of sp³-hybridized carbons (Fsp3) is 0.690. The number of aromatic hydroxyl groups is 1. The summed E-state index contributed by atoms with van der Waals surface area (Å²) in [5.74, 6) is 2.87. The van der Waals surface area contributed by atoms with E-state index >= 15 is 0 Å². The molecule has 33 heavy (non-hydrogen) atoms. The Balaban J connectivity index is 1.39. The van der Waals surface area contributed by atoms with Gasteiger partial charge in [0.05, 0.1) is 12.5 Å². The number of carbonyl (C=O) groups is 1. The summed E-state index contributed by atoms with van der Waals surface area (Å²) >= 11 is 0. The molecule has 0 amide bonds. The van der Waals surface area contributed by atoms with Crippen molar-refractivity contribution in [1.29, 1.82) is 0 Å². The van der Waals surface area contributed by atoms with E-state index in [9.17, 15) is 9.90 Å². The lowest BCUT2D eigenvalue weighted by Gasteiger charge is -2.29. The zero-order valence-electron chi connectivity index (χ0n) is 21.4. The molecule has 3 fully saturated rings. The molecular weight excluding hydrogens is 412 g/mol. The van der Waals surface area contributed by atoms with Gasteiger partial charge in [0, 0.05) is 11.0 Å². The number of rotatable bonds is 10. The topological polar surface area (TPSA) is 55.8 Å². The van der Waals surface area contributed by atoms with Crippen LogP contribution >= 0.6 is 0 Å². The average Bonchev–Trinajstić information content (AvgIpc) is 3.67. The molecular formula is C29H40O4. The van der Waals surface area contributed by atoms with E-state index < -0.39 is 5.41 Å². The van der Waals surface area contributed by atoms with E-state index in [0.717, 1.165) is 23.3 Å². The molecule has 0 heterocycles. The van der Waals surface area contributed by atoms with Crippen LogP contribution in [0.1, 0.15) is 84.8 Å². The lowest BCUT2D eigenvalue weighted by atomic mass is 9.76. The predicted octanol–water partition coefficient (Wildman–Crippen LogP) is 6.29. The first-order valence-corrected chi connectivity index (χ1v) is 12.8. The minimum absolute atomic E-state index is 0.0120. The molecule has 0 saturated heterocycles. The Morgan fingerprint density at radius 3 is 2.48 bits per heavy atom. The van der Waals surface area contributed by atoms with Gasteiger partial charge in [-0.15, -0.1) is 0 Å². The van der Waals surface area contributed by atoms with Gasteiger partial charge < -0.3 is 14.6 Å². The number of methoxy groups -OCH3 is 1. The molecule has 3 saturated carbocycles. The minimum Gasteiger partial charge on any atom is -0.507 e. The normalized spacial score (nSPS) is 32.6. The van der Waals surface area contributed by atoms with Crippen LogP contribution < -0.4 is 4.74 Å². The van der Waals surface area contributed by atoms with E-state index in [1.54, 1.807) is 7.11 Å². The molecule has 1 aromatic carbocycles. The lowest BCUT2D eigenvalue weighted by Crippen LogP contribution is -2.25. The van der Waals surface area contributed by atoms with Gasteiger partial charge in [0.25, 0.3) is 0 Å². The summed E-state index contributed by atoms with van der Waals surface area (Å²) in [5, 5.41) is 11.3. The standard InChI is InChI=1S/C29H40O4/c1-8-9-10-11-12-27(5,6)18-13-19(30)22(20(14-18)32-7)28-15-17(16-33-25(31)26(2,3)4)21-23-24(28)29(21,23)28/h13-15,21,23-24,30H,8-12,16H2,1-7H3/t21-,23?,24?,28+,29?/m0/s1. The van der Waals surface area contributed by atoms with E-state index in [1.165, 1.54) is 31.3 Å². The first kappa shape index (κ1) is 22.8. The molecule has 0 aromatic heterocycles. The van der Waals surface area contributed by atoms with Gasteiger partial charge in [-0.05, 0) is 79.0 Å². The summed E-state index contributed by atoms with van der Waals surface area (Å²) < 4.78 is 11.5. The Hall–Kier alpha value is -1.97. The highest BCUT2D eigenvalue weighted by Gasteiger charge is 3.12. The van der Waals surface area contributed by atoms with E-state index in [2.05, 4.69) is 32.9 Å². The molecule has 5 rings (SSSR count). The highest BCUT2D eigenvalue weighted by Crippen LogP contribution is 3.12. The highest BCUT2D eigenvalue weighted by molar-refractivity contribution is 5.80. The van der Waals surface area contributed by atoms with Crippen molar-refractivity contribution in [3.05, 3.63) is 34.9 Å². The lowest BCUT2D eigenvalue weighted by molar-refractivity contribution is -0.152. The summed E-state index contributed by atoms with van der Waals surface area (Å²) in [6.07, 6.45) is 8.37. The Labute approximate surface area is 198 Å². The number of phenols is 1. The number of hydrogen-bond acceptors (Lipinski definition) is 4. The first-order chi connectivity index (χ1) is 15.5. The first-order valence-electron chi connectivity index (χ1n) is 12.8. The van der Waals surface area contributed by atoms with Gasteiger partial charge in [0.2, 0.25) is 0 Å². The van der Waals surface area contributed by atoms with Crippen molar-refractivity contribution in [3.8, 4) is 11.5 Å². The quantitative estimate of drug-likeness (QED) is 0.257. The van der Waals surface area contributed by atoms with Crippen LogP contribution in [0.3, 0.4) is 0 Å². The van der Waals surface area contributed by atoms with Crippen LogP contribution in [0.15, 0.2) is 23.8 Å². The van der Waals surface area contributed by atoms with Gasteiger partial charge in [0.1, 0.15) is 18.1 Å². The molecule has 4 aliphatic carbocycles. The molecule has 4 heteroatoms. The zero-order chi connectivity index (χ0) is 24.0. The number of phenolic OH excluding ortho intramolecular Hbond substituents is 1. The summed E-state index contributed by atoms with van der Waals surface area (Å²) in [6.45, 7) is 12.8. The van der Waals surface area contributed by atoms with Crippen molar-refractivity contribution in [2.45, 2.75) is 84.5 Å². The molecule has 1 N–H and O–H groups in total. The Bertz CT molecular complexity index is 1030. The van der Waals surface area contributed by atoms with Crippen LogP contribution in [-0.4, -0.2) is 24.8 Å². The molecule has 0 bridgehead atoms. The summed E-state index contributed by atoms with van der Waals surface area (Å²) in [5.41, 5.74) is 2.99. The molecule has 1 aromatic rings. The Morgan fingerprint density at radius 2 is 1.85 bits per heavy atom. The van der Waals surface area contributed by atoms with Crippen LogP contribution in [0.2, 0.25) is 0 Å². The second-order valence-electron chi connectivity index (χ2n) is 12.6. The van der Waals surface area contributed by atoms with Gasteiger partial charge in [-0.1, -0.05) is 52.5 Å². The fourth-order valence-corrected chi connectivity index (χ4v) is 7.21. The van der Waals surface area contributed by atoms with Gasteiger partial charge >= 0.3 is 5.97 Å². The summed E-state index contributed by atoms with van der Waals surface area (Å²) in [6, 6.07) is 4.15. The molecule has 0 aliphatic heterocycles. The molecule has 1 spiro atoms. The van der Waals surface area contributed by atoms with Crippen molar-refractivity contribution in [3.63, 3.8) is 0 Å². The number of esters is 1. The number of benzene rings is 1. The Morgan fingerprint density at radius 1 is 1.12 bits per heavy atom. The van der Waals surface area contributed by atoms with Crippen molar-refractivity contribution >= 4 is 5.97 Å². The fourth-order valence-electron chi connectivity index (χ4n) is 7.21. The van der Waals surface area contributed by atoms with Crippen LogP contribution in [0.5, 0.6) is 11.5 Å². The third-order valence-electron chi connectivity index (χ3n) is 9.15. The van der Waals surface area contributed by atoms with Gasteiger partial charge in [-0.2, -0.15) is 0 Å². The van der Waals surface area contributed by atoms with Crippen molar-refractivity contribution < 1.29 is 19.4 Å². The molecule has 5 atom stereocenters. The van der Waals surface area contributed by atoms with Crippen molar-refractivity contribution in [1.82, 2.24) is 0 Å². The third kappa shape index (κ3) is 2.91. The van der Waals surface area contributed by atoms with Crippen LogP contribution in [0.25, 0.3) is 0 Å². The number of fused-ring (bicyclic) bond motifs is 3. The number of unbranched alkanes of at least 4 members (excludes halogenated alkanes) is 3. The number of carbonyl (C=O) groups excluding carboxylic acids is 1. The molecule has 3 unspecified atom stereocenters. The average molecular weight is 453 g/mol. The molecule has 4 aliphatic rings. The second-order valence-corrected chi connectivity index (χ2v) is 12.6. The van der Waals surface area contributed by atoms with Crippen molar-refractivity contribution in [2.75, 3.05) is 13.7 Å². The van der Waals surface area contributed by atoms with E-state index in [0.29, 0.717) is 30.1 Å². The molecule has 0 radical (unpaired) electrons. The number of hydrogen-bond donors (Lipinski definition) is 1. The zero-order valence-corrected chi connectivity index (χ0v) is 21.4. The minimum atomic E-state index is -0.492. The van der Waals surface area contributed by atoms with Crippen LogP contribution in [0.4, 0.5) is 0 Å². The highest BCUT2D eigenvalue weighted by atomic mass is 16.5.